The van der Waals surface area contributed by atoms with E-state index in [1.807, 2.05) is 0 Å². The first-order chi connectivity index (χ1) is 14.1. The van der Waals surface area contributed by atoms with Crippen LogP contribution in [0.4, 0.5) is 5.13 Å². The first-order valence-electron chi connectivity index (χ1n) is 8.35. The quantitative estimate of drug-likeness (QED) is 0.297. The van der Waals surface area contributed by atoms with Gasteiger partial charge in [0.25, 0.3) is 5.91 Å². The number of ether oxygens (including phenoxy) is 1. The molecule has 0 aromatic carbocycles. The van der Waals surface area contributed by atoms with Crippen LogP contribution >= 0.6 is 23.1 Å². The molecular formula is C16H17N5O7S2. The second kappa shape index (κ2) is 7.95. The van der Waals surface area contributed by atoms with E-state index in [4.69, 9.17) is 15.3 Å². The fourth-order valence-corrected chi connectivity index (χ4v) is 5.18. The smallest absolute Gasteiger partial charge is 0.353 e. The van der Waals surface area contributed by atoms with Crippen LogP contribution in [-0.4, -0.2) is 62.9 Å². The lowest BCUT2D eigenvalue weighted by molar-refractivity contribution is -0.160. The first-order valence-corrected chi connectivity index (χ1v) is 10.1. The Morgan fingerprint density at radius 3 is 2.63 bits per heavy atom. The Kier molecular flexibility index (Phi) is 5.72. The Labute approximate surface area is 178 Å². The lowest BCUT2D eigenvalue weighted by Crippen LogP contribution is -2.77. The number of thioether (sulfide) groups is 1. The third-order valence-electron chi connectivity index (χ3n) is 4.26. The van der Waals surface area contributed by atoms with Crippen LogP contribution in [0, 0.1) is 0 Å². The van der Waals surface area contributed by atoms with Gasteiger partial charge in [0.05, 0.1) is 11.3 Å². The summed E-state index contributed by atoms with van der Waals surface area (Å²) in [7, 11) is 1.26. The number of carbonyl (C=O) groups is 4. The van der Waals surface area contributed by atoms with E-state index in [0.717, 1.165) is 34.9 Å². The number of carbonyl (C=O) groups excluding carboxylic acids is 3. The lowest BCUT2D eigenvalue weighted by Gasteiger charge is -2.56. The molecule has 0 aliphatic carbocycles. The Morgan fingerprint density at radius 1 is 1.43 bits per heavy atom. The van der Waals surface area contributed by atoms with E-state index < -0.39 is 47.0 Å². The van der Waals surface area contributed by atoms with Crippen molar-refractivity contribution in [2.45, 2.75) is 24.8 Å². The highest BCUT2D eigenvalue weighted by atomic mass is 32.2. The fourth-order valence-electron chi connectivity index (χ4n) is 3.17. The molecule has 2 amide bonds. The monoisotopic (exact) mass is 455 g/mol. The number of nitrogens with two attached hydrogens (primary N) is 1. The Morgan fingerprint density at radius 2 is 2.13 bits per heavy atom. The van der Waals surface area contributed by atoms with Crippen molar-refractivity contribution in [2.24, 2.45) is 5.16 Å². The van der Waals surface area contributed by atoms with Gasteiger partial charge in [-0.2, -0.15) is 0 Å². The molecule has 2 aliphatic heterocycles. The molecule has 160 valence electrons. The minimum absolute atomic E-state index is 0.0108. The zero-order valence-corrected chi connectivity index (χ0v) is 17.6. The van der Waals surface area contributed by atoms with E-state index in [-0.39, 0.29) is 21.4 Å². The average molecular weight is 455 g/mol. The molecule has 2 aliphatic rings. The second-order valence-corrected chi connectivity index (χ2v) is 8.16. The number of aromatic nitrogens is 1. The number of fused-ring (bicyclic) bond motifs is 1. The van der Waals surface area contributed by atoms with Crippen molar-refractivity contribution < 1.29 is 33.9 Å². The number of nitrogens with zero attached hydrogens (tertiary/aromatic N) is 3. The van der Waals surface area contributed by atoms with E-state index >= 15 is 0 Å². The summed E-state index contributed by atoms with van der Waals surface area (Å²) in [5.41, 5.74) is 3.81. The topological polar surface area (TPSA) is 174 Å². The van der Waals surface area contributed by atoms with E-state index in [2.05, 4.69) is 15.5 Å². The number of nitrogens with one attached hydrogen (secondary N) is 1. The summed E-state index contributed by atoms with van der Waals surface area (Å²) < 4.78 is 4.94. The van der Waals surface area contributed by atoms with E-state index in [1.54, 1.807) is 0 Å². The molecule has 3 heterocycles. The van der Waals surface area contributed by atoms with Gasteiger partial charge in [0, 0.05) is 19.2 Å². The van der Waals surface area contributed by atoms with Gasteiger partial charge in [-0.05, 0) is 0 Å². The number of hydrogen-bond donors (Lipinski definition) is 3. The highest BCUT2D eigenvalue weighted by Gasteiger charge is 2.68. The normalized spacial score (nSPS) is 24.2. The predicted molar refractivity (Wildman–Crippen MR) is 106 cm³/mol. The Bertz CT molecular complexity index is 1000. The Balaban J connectivity index is 2.16. The number of anilines is 1. The molecule has 0 spiro atoms. The number of β-lactam (4-membered cyclic amide) rings is 1. The summed E-state index contributed by atoms with van der Waals surface area (Å²) in [6, 6.07) is 0. The Hall–Kier alpha value is -3.13. The van der Waals surface area contributed by atoms with Crippen LogP contribution in [0.5, 0.6) is 0 Å². The molecule has 30 heavy (non-hydrogen) atoms. The third kappa shape index (κ3) is 3.37. The highest BCUT2D eigenvalue weighted by molar-refractivity contribution is 8.15. The maximum atomic E-state index is 13.3. The number of nitrogen functional groups attached to an aromatic ring is 1. The minimum atomic E-state index is -1.65. The molecule has 14 heteroatoms. The molecule has 4 N–H and O–H groups in total. The second-order valence-electron chi connectivity index (χ2n) is 6.20. The van der Waals surface area contributed by atoms with Gasteiger partial charge >= 0.3 is 11.9 Å². The molecular weight excluding hydrogens is 438 g/mol. The van der Waals surface area contributed by atoms with Crippen molar-refractivity contribution >= 4 is 57.0 Å². The summed E-state index contributed by atoms with van der Waals surface area (Å²) in [5, 5.41) is 17.1. The van der Waals surface area contributed by atoms with Crippen molar-refractivity contribution in [2.75, 3.05) is 19.5 Å². The van der Waals surface area contributed by atoms with Gasteiger partial charge < -0.3 is 25.7 Å². The van der Waals surface area contributed by atoms with Gasteiger partial charge in [0.15, 0.2) is 10.7 Å². The van der Waals surface area contributed by atoms with Crippen LogP contribution < -0.4 is 11.1 Å². The number of carboxylic acids is 1. The molecule has 1 unspecified atom stereocenters. The molecule has 0 radical (unpaired) electrons. The molecule has 0 bridgehead atoms. The molecule has 1 saturated heterocycles. The van der Waals surface area contributed by atoms with Crippen LogP contribution in [0.15, 0.2) is 21.8 Å². The number of carboxylic acid groups (broad SMARTS) is 1. The van der Waals surface area contributed by atoms with E-state index in [1.165, 1.54) is 19.4 Å². The zero-order valence-electron chi connectivity index (χ0n) is 16.0. The minimum Gasteiger partial charge on any atom is -0.477 e. The van der Waals surface area contributed by atoms with Crippen molar-refractivity contribution in [3.8, 4) is 0 Å². The SMILES string of the molecule is CON=C1S[C@@H]2N(C(=O)C2(NC(C)=O)c2csc(N)n2)C(C(=O)O)=C1COC(C)=O. The number of thiazole rings is 1. The molecule has 0 saturated carbocycles. The number of amides is 2. The number of oxime groups is 1. The number of rotatable bonds is 6. The van der Waals surface area contributed by atoms with Gasteiger partial charge in [0.2, 0.25) is 5.91 Å². The molecule has 1 aromatic rings. The van der Waals surface area contributed by atoms with Crippen molar-refractivity contribution in [3.63, 3.8) is 0 Å². The zero-order chi connectivity index (χ0) is 22.2. The van der Waals surface area contributed by atoms with Crippen molar-refractivity contribution in [1.29, 1.82) is 0 Å². The van der Waals surface area contributed by atoms with Gasteiger partial charge in [-0.15, -0.1) is 11.3 Å². The van der Waals surface area contributed by atoms with E-state index in [9.17, 15) is 24.3 Å². The fraction of sp³-hybridized carbons (Fsp3) is 0.375. The lowest BCUT2D eigenvalue weighted by atomic mass is 9.83. The van der Waals surface area contributed by atoms with Crippen LogP contribution in [0.3, 0.4) is 0 Å². The summed E-state index contributed by atoms with van der Waals surface area (Å²) >= 11 is 2.04. The van der Waals surface area contributed by atoms with E-state index in [0.29, 0.717) is 0 Å². The van der Waals surface area contributed by atoms with Gasteiger partial charge in [0.1, 0.15) is 29.8 Å². The maximum absolute atomic E-state index is 13.3. The van der Waals surface area contributed by atoms with Gasteiger partial charge in [-0.1, -0.05) is 16.9 Å². The van der Waals surface area contributed by atoms with Crippen molar-refractivity contribution in [1.82, 2.24) is 15.2 Å². The summed E-state index contributed by atoms with van der Waals surface area (Å²) in [6.07, 6.45) is 0. The molecule has 3 rings (SSSR count). The maximum Gasteiger partial charge on any atom is 0.353 e. The molecule has 12 nitrogen and oxygen atoms in total. The average Bonchev–Trinajstić information content (AvgIpc) is 3.10. The number of hydrogen-bond acceptors (Lipinski definition) is 11. The molecule has 1 aromatic heterocycles. The molecule has 1 fully saturated rings. The van der Waals surface area contributed by atoms with Crippen LogP contribution in [-0.2, 0) is 34.3 Å². The van der Waals surface area contributed by atoms with Crippen LogP contribution in [0.25, 0.3) is 0 Å². The first kappa shape index (κ1) is 21.6. The largest absolute Gasteiger partial charge is 0.477 e. The van der Waals surface area contributed by atoms with Crippen molar-refractivity contribution in [3.05, 3.63) is 22.3 Å². The predicted octanol–water partition coefficient (Wildman–Crippen LogP) is -0.166. The third-order valence-corrected chi connectivity index (χ3v) is 6.27. The summed E-state index contributed by atoms with van der Waals surface area (Å²) in [5.74, 6) is -3.31. The summed E-state index contributed by atoms with van der Waals surface area (Å²) in [6.45, 7) is 1.96. The van der Waals surface area contributed by atoms with Crippen LogP contribution in [0.2, 0.25) is 0 Å². The van der Waals surface area contributed by atoms with Crippen LogP contribution in [0.1, 0.15) is 19.5 Å². The number of esters is 1. The number of aliphatic carboxylic acids is 1. The van der Waals surface area contributed by atoms with Gasteiger partial charge in [-0.3, -0.25) is 19.3 Å². The highest BCUT2D eigenvalue weighted by Crippen LogP contribution is 2.52. The summed E-state index contributed by atoms with van der Waals surface area (Å²) in [4.78, 5) is 58.5. The van der Waals surface area contributed by atoms with Gasteiger partial charge in [-0.25, -0.2) is 9.78 Å². The standard InChI is InChI=1S/C16H17N5O7S2/c1-6(22)19-16(9-5-29-15(17)18-9)13(26)21-10(12(24)25)8(4-28-7(2)23)11(20-27-3)30-14(16)21/h5,14H,4H2,1-3H3,(H2,17,18)(H,19,22)(H,24,25)/t14-,16?/m0/s1. The molecule has 2 atom stereocenters.